The van der Waals surface area contributed by atoms with Crippen LogP contribution >= 0.6 is 11.8 Å². The van der Waals surface area contributed by atoms with Gasteiger partial charge in [0.1, 0.15) is 0 Å². The van der Waals surface area contributed by atoms with Crippen molar-refractivity contribution in [1.29, 1.82) is 0 Å². The van der Waals surface area contributed by atoms with Crippen molar-refractivity contribution in [2.75, 3.05) is 12.8 Å². The lowest BCUT2D eigenvalue weighted by Gasteiger charge is -2.22. The molecule has 0 fully saturated rings. The lowest BCUT2D eigenvalue weighted by molar-refractivity contribution is 0.561. The van der Waals surface area contributed by atoms with Gasteiger partial charge in [0.15, 0.2) is 0 Å². The number of benzene rings is 1. The molecule has 0 atom stereocenters. The van der Waals surface area contributed by atoms with E-state index in [4.69, 9.17) is 0 Å². The summed E-state index contributed by atoms with van der Waals surface area (Å²) in [5.41, 5.74) is 0.792. The van der Waals surface area contributed by atoms with Crippen LogP contribution < -0.4 is 10.0 Å². The first-order chi connectivity index (χ1) is 9.68. The van der Waals surface area contributed by atoms with Crippen molar-refractivity contribution in [3.8, 4) is 0 Å². The number of sulfonamides is 1. The van der Waals surface area contributed by atoms with E-state index < -0.39 is 10.0 Å². The summed E-state index contributed by atoms with van der Waals surface area (Å²) in [5, 5.41) is 3.26. The van der Waals surface area contributed by atoms with E-state index in [9.17, 15) is 8.42 Å². The van der Waals surface area contributed by atoms with E-state index in [1.165, 1.54) is 0 Å². The third kappa shape index (κ3) is 5.98. The van der Waals surface area contributed by atoms with Crippen LogP contribution in [0.4, 0.5) is 0 Å². The van der Waals surface area contributed by atoms with Crippen molar-refractivity contribution in [3.05, 3.63) is 29.8 Å². The van der Waals surface area contributed by atoms with E-state index in [1.54, 1.807) is 23.9 Å². The van der Waals surface area contributed by atoms with Crippen LogP contribution in [-0.4, -0.2) is 32.0 Å². The number of thioether (sulfide) groups is 1. The average molecular weight is 331 g/mol. The summed E-state index contributed by atoms with van der Waals surface area (Å²) in [7, 11) is -3.49. The second-order valence-corrected chi connectivity index (χ2v) is 9.18. The Morgan fingerprint density at radius 1 is 1.24 bits per heavy atom. The first-order valence-corrected chi connectivity index (χ1v) is 9.75. The van der Waals surface area contributed by atoms with Gasteiger partial charge >= 0.3 is 0 Å². The van der Waals surface area contributed by atoms with E-state index >= 15 is 0 Å². The highest BCUT2D eigenvalue weighted by atomic mass is 32.2. The SMILES string of the molecule is CSC(C)(C)CNS(=O)(=O)c1ccccc1CNC(C)C. The van der Waals surface area contributed by atoms with Gasteiger partial charge in [-0.3, -0.25) is 0 Å². The second kappa shape index (κ2) is 7.63. The van der Waals surface area contributed by atoms with Crippen molar-refractivity contribution in [3.63, 3.8) is 0 Å². The summed E-state index contributed by atoms with van der Waals surface area (Å²) >= 11 is 1.64. The van der Waals surface area contributed by atoms with Crippen LogP contribution in [0.3, 0.4) is 0 Å². The minimum Gasteiger partial charge on any atom is -0.310 e. The van der Waals surface area contributed by atoms with Crippen molar-refractivity contribution in [2.24, 2.45) is 0 Å². The van der Waals surface area contributed by atoms with E-state index in [0.717, 1.165) is 5.56 Å². The first-order valence-electron chi connectivity index (χ1n) is 7.04. The van der Waals surface area contributed by atoms with Gasteiger partial charge in [0.2, 0.25) is 10.0 Å². The monoisotopic (exact) mass is 330 g/mol. The third-order valence-electron chi connectivity index (χ3n) is 3.20. The lowest BCUT2D eigenvalue weighted by atomic mass is 10.2. The normalized spacial score (nSPS) is 12.9. The molecule has 0 aliphatic carbocycles. The lowest BCUT2D eigenvalue weighted by Crippen LogP contribution is -2.36. The van der Waals surface area contributed by atoms with Gasteiger partial charge in [-0.05, 0) is 31.7 Å². The molecule has 0 heterocycles. The van der Waals surface area contributed by atoms with E-state index in [0.29, 0.717) is 24.0 Å². The van der Waals surface area contributed by atoms with Crippen LogP contribution in [0.1, 0.15) is 33.3 Å². The largest absolute Gasteiger partial charge is 0.310 e. The number of nitrogens with one attached hydrogen (secondary N) is 2. The number of hydrogen-bond donors (Lipinski definition) is 2. The highest BCUT2D eigenvalue weighted by Crippen LogP contribution is 2.21. The van der Waals surface area contributed by atoms with Crippen molar-refractivity contribution < 1.29 is 8.42 Å². The molecule has 1 aromatic carbocycles. The van der Waals surface area contributed by atoms with Crippen LogP contribution in [0.2, 0.25) is 0 Å². The van der Waals surface area contributed by atoms with Crippen LogP contribution in [0.25, 0.3) is 0 Å². The van der Waals surface area contributed by atoms with Crippen LogP contribution in [0, 0.1) is 0 Å². The molecular weight excluding hydrogens is 304 g/mol. The van der Waals surface area contributed by atoms with Crippen LogP contribution in [0.15, 0.2) is 29.2 Å². The molecule has 2 N–H and O–H groups in total. The van der Waals surface area contributed by atoms with Gasteiger partial charge in [0, 0.05) is 23.9 Å². The van der Waals surface area contributed by atoms with Crippen LogP contribution in [-0.2, 0) is 16.6 Å². The number of hydrogen-bond acceptors (Lipinski definition) is 4. The second-order valence-electron chi connectivity index (χ2n) is 5.93. The zero-order chi connectivity index (χ0) is 16.1. The summed E-state index contributed by atoms with van der Waals surface area (Å²) < 4.78 is 27.6. The van der Waals surface area contributed by atoms with Gasteiger partial charge in [0.25, 0.3) is 0 Å². The van der Waals surface area contributed by atoms with E-state index in [2.05, 4.69) is 10.0 Å². The maximum Gasteiger partial charge on any atom is 0.240 e. The molecular formula is C15H26N2O2S2. The maximum absolute atomic E-state index is 12.5. The standard InChI is InChI=1S/C15H26N2O2S2/c1-12(2)16-10-13-8-6-7-9-14(13)21(18,19)17-11-15(3,4)20-5/h6-9,12,16-17H,10-11H2,1-5H3. The topological polar surface area (TPSA) is 58.2 Å². The Hall–Kier alpha value is -0.560. The summed E-state index contributed by atoms with van der Waals surface area (Å²) in [4.78, 5) is 0.357. The predicted molar refractivity (Wildman–Crippen MR) is 91.2 cm³/mol. The highest BCUT2D eigenvalue weighted by Gasteiger charge is 2.23. The Balaban J connectivity index is 2.92. The molecule has 1 rings (SSSR count). The highest BCUT2D eigenvalue weighted by molar-refractivity contribution is 8.00. The summed E-state index contributed by atoms with van der Waals surface area (Å²) in [5.74, 6) is 0. The molecule has 0 aliphatic rings. The van der Waals surface area contributed by atoms with E-state index in [1.807, 2.05) is 46.1 Å². The Kier molecular flexibility index (Phi) is 6.71. The van der Waals surface area contributed by atoms with Gasteiger partial charge in [-0.15, -0.1) is 0 Å². The minimum atomic E-state index is -3.49. The van der Waals surface area contributed by atoms with Crippen LogP contribution in [0.5, 0.6) is 0 Å². The van der Waals surface area contributed by atoms with Crippen molar-refractivity contribution >= 4 is 21.8 Å². The minimum absolute atomic E-state index is 0.127. The molecule has 0 spiro atoms. The number of rotatable bonds is 8. The molecule has 0 saturated heterocycles. The molecule has 0 bridgehead atoms. The average Bonchev–Trinajstić information content (AvgIpc) is 2.43. The molecule has 0 amide bonds. The van der Waals surface area contributed by atoms with Crippen molar-refractivity contribution in [1.82, 2.24) is 10.0 Å². The Bertz CT molecular complexity index is 555. The van der Waals surface area contributed by atoms with E-state index in [-0.39, 0.29) is 4.75 Å². The maximum atomic E-state index is 12.5. The molecule has 0 aromatic heterocycles. The van der Waals surface area contributed by atoms with Gasteiger partial charge in [-0.25, -0.2) is 13.1 Å². The van der Waals surface area contributed by atoms with Crippen molar-refractivity contribution in [2.45, 2.75) is 49.9 Å². The molecule has 0 saturated carbocycles. The zero-order valence-electron chi connectivity index (χ0n) is 13.4. The third-order valence-corrected chi connectivity index (χ3v) is 5.95. The molecule has 1 aromatic rings. The zero-order valence-corrected chi connectivity index (χ0v) is 15.1. The fourth-order valence-corrected chi connectivity index (χ4v) is 3.40. The predicted octanol–water partition coefficient (Wildman–Crippen LogP) is 2.60. The smallest absolute Gasteiger partial charge is 0.240 e. The summed E-state index contributed by atoms with van der Waals surface area (Å²) in [6, 6.07) is 7.44. The molecule has 4 nitrogen and oxygen atoms in total. The molecule has 6 heteroatoms. The van der Waals surface area contributed by atoms with Gasteiger partial charge in [0.05, 0.1) is 4.90 Å². The Labute approximate surface area is 133 Å². The van der Waals surface area contributed by atoms with Gasteiger partial charge in [-0.2, -0.15) is 11.8 Å². The molecule has 0 aliphatic heterocycles. The quantitative estimate of drug-likeness (QED) is 0.769. The fraction of sp³-hybridized carbons (Fsp3) is 0.600. The van der Waals surface area contributed by atoms with Gasteiger partial charge in [-0.1, -0.05) is 32.0 Å². The molecule has 21 heavy (non-hydrogen) atoms. The fourth-order valence-electron chi connectivity index (χ4n) is 1.64. The molecule has 120 valence electrons. The first kappa shape index (κ1) is 18.5. The molecule has 0 unspecified atom stereocenters. The Morgan fingerprint density at radius 2 is 1.86 bits per heavy atom. The van der Waals surface area contributed by atoms with Gasteiger partial charge < -0.3 is 5.32 Å². The Morgan fingerprint density at radius 3 is 2.43 bits per heavy atom. The summed E-state index contributed by atoms with van der Waals surface area (Å²) in [6.07, 6.45) is 1.98. The summed E-state index contributed by atoms with van der Waals surface area (Å²) in [6.45, 7) is 9.06. The molecule has 0 radical (unpaired) electrons.